The smallest absolute Gasteiger partial charge is 0.318 e. The molecule has 0 unspecified atom stereocenters. The number of urea groups is 2. The van der Waals surface area contributed by atoms with Gasteiger partial charge in [-0.1, -0.05) is 12.1 Å². The number of fused-ring (bicyclic) bond motifs is 3. The van der Waals surface area contributed by atoms with Gasteiger partial charge >= 0.3 is 12.1 Å². The maximum atomic E-state index is 16.1. The van der Waals surface area contributed by atoms with Gasteiger partial charge in [-0.15, -0.1) is 0 Å². The molecule has 0 bridgehead atoms. The van der Waals surface area contributed by atoms with Crippen LogP contribution >= 0.6 is 0 Å². The molecule has 2 aliphatic rings. The van der Waals surface area contributed by atoms with Crippen LogP contribution in [0.15, 0.2) is 64.1 Å². The summed E-state index contributed by atoms with van der Waals surface area (Å²) in [5.74, 6) is 0.167. The van der Waals surface area contributed by atoms with Crippen molar-refractivity contribution in [2.45, 2.75) is 89.9 Å². The second kappa shape index (κ2) is 13.4. The number of hydrogen-bond acceptors (Lipinski definition) is 6. The average Bonchev–Trinajstić information content (AvgIpc) is 3.93. The molecule has 5 heterocycles. The zero-order valence-electron chi connectivity index (χ0n) is 31.9. The van der Waals surface area contributed by atoms with Crippen LogP contribution < -0.4 is 16.1 Å². The molecular weight excluding hydrogens is 725 g/mol. The number of aromatic amines is 2. The fourth-order valence-electron chi connectivity index (χ4n) is 7.63. The summed E-state index contributed by atoms with van der Waals surface area (Å²) in [7, 11) is 0. The molecule has 292 valence electrons. The number of alkyl halides is 2. The number of imidazole rings is 2. The van der Waals surface area contributed by atoms with E-state index in [1.807, 2.05) is 41.5 Å². The molecule has 0 spiro atoms. The van der Waals surface area contributed by atoms with E-state index in [0.29, 0.717) is 39.5 Å². The molecule has 12 nitrogen and oxygen atoms in total. The van der Waals surface area contributed by atoms with E-state index >= 15 is 4.39 Å². The van der Waals surface area contributed by atoms with Crippen molar-refractivity contribution in [3.05, 3.63) is 82.5 Å². The van der Waals surface area contributed by atoms with Crippen LogP contribution in [0, 0.1) is 5.82 Å². The lowest BCUT2D eigenvalue weighted by atomic mass is 10.0. The third-order valence-electron chi connectivity index (χ3n) is 10.1. The fourth-order valence-corrected chi connectivity index (χ4v) is 7.63. The van der Waals surface area contributed by atoms with Crippen molar-refractivity contribution in [3.8, 4) is 22.5 Å². The van der Waals surface area contributed by atoms with Gasteiger partial charge in [-0.05, 0) is 77.3 Å². The molecule has 15 heteroatoms. The van der Waals surface area contributed by atoms with Gasteiger partial charge in [-0.3, -0.25) is 4.79 Å². The first-order valence-electron chi connectivity index (χ1n) is 18.6. The highest BCUT2D eigenvalue weighted by atomic mass is 19.1. The van der Waals surface area contributed by atoms with Crippen molar-refractivity contribution < 1.29 is 27.2 Å². The minimum absolute atomic E-state index is 0.0493. The second-order valence-electron chi connectivity index (χ2n) is 16.9. The van der Waals surface area contributed by atoms with Crippen molar-refractivity contribution in [1.29, 1.82) is 0 Å². The van der Waals surface area contributed by atoms with E-state index in [4.69, 9.17) is 4.42 Å². The number of carbonyl (C=O) groups excluding carboxylic acids is 2. The average molecular weight is 769 g/mol. The van der Waals surface area contributed by atoms with Crippen molar-refractivity contribution >= 4 is 44.8 Å². The van der Waals surface area contributed by atoms with Gasteiger partial charge < -0.3 is 34.8 Å². The Kier molecular flexibility index (Phi) is 8.88. The van der Waals surface area contributed by atoms with Crippen molar-refractivity contribution in [3.63, 3.8) is 0 Å². The van der Waals surface area contributed by atoms with Gasteiger partial charge in [0.15, 0.2) is 11.4 Å². The number of likely N-dealkylation sites (tertiary alicyclic amines) is 2. The number of benzene rings is 3. The number of nitrogens with one attached hydrogen (secondary N) is 4. The Morgan fingerprint density at radius 2 is 1.27 bits per heavy atom. The number of hydrogen-bond donors (Lipinski definition) is 4. The van der Waals surface area contributed by atoms with Crippen LogP contribution in [0.5, 0.6) is 0 Å². The first-order valence-corrected chi connectivity index (χ1v) is 18.6. The number of rotatable bonds is 4. The highest BCUT2D eigenvalue weighted by molar-refractivity contribution is 6.01. The summed E-state index contributed by atoms with van der Waals surface area (Å²) >= 11 is 0. The summed E-state index contributed by atoms with van der Waals surface area (Å²) in [4.78, 5) is 58.3. The monoisotopic (exact) mass is 768 g/mol. The number of amides is 4. The Morgan fingerprint density at radius 3 is 1.80 bits per heavy atom. The van der Waals surface area contributed by atoms with Crippen molar-refractivity contribution in [1.82, 2.24) is 40.4 Å². The molecule has 0 saturated carbocycles. The summed E-state index contributed by atoms with van der Waals surface area (Å²) < 4.78 is 51.3. The zero-order chi connectivity index (χ0) is 39.8. The van der Waals surface area contributed by atoms with Gasteiger partial charge in [0, 0.05) is 40.4 Å². The van der Waals surface area contributed by atoms with Crippen LogP contribution in [0.1, 0.15) is 78.1 Å². The Morgan fingerprint density at radius 1 is 0.750 bits per heavy atom. The lowest BCUT2D eigenvalue weighted by Gasteiger charge is -2.28. The third-order valence-corrected chi connectivity index (χ3v) is 10.1. The van der Waals surface area contributed by atoms with Gasteiger partial charge in [-0.25, -0.2) is 32.7 Å². The maximum Gasteiger partial charge on any atom is 0.318 e. The maximum absolute atomic E-state index is 16.1. The van der Waals surface area contributed by atoms with Gasteiger partial charge in [-0.2, -0.15) is 0 Å². The summed E-state index contributed by atoms with van der Waals surface area (Å²) in [6, 6.07) is 9.61. The molecule has 4 amide bonds. The van der Waals surface area contributed by atoms with Crippen LogP contribution in [0.3, 0.4) is 0 Å². The van der Waals surface area contributed by atoms with E-state index in [2.05, 4.69) is 30.6 Å². The van der Waals surface area contributed by atoms with Crippen molar-refractivity contribution in [2.24, 2.45) is 0 Å². The number of halogens is 3. The van der Waals surface area contributed by atoms with Gasteiger partial charge in [0.05, 0.1) is 59.7 Å². The summed E-state index contributed by atoms with van der Waals surface area (Å²) in [5.41, 5.74) is 0.946. The molecule has 0 aliphatic carbocycles. The van der Waals surface area contributed by atoms with E-state index < -0.39 is 46.8 Å². The SMILES string of the molecule is CC(C)(C)NC(=O)N1C[C@@H](F)C[C@H]1c1ncc(-c2ccc3c(F)c4oc5ccc(-c6cnc([C@@H]7C[C@H](F)CN7C(=O)NC(C)(C)C)[nH]6)cc5c(=O)c4cc3c2)[nH]1. The van der Waals surface area contributed by atoms with Crippen LogP contribution in [-0.4, -0.2) is 78.3 Å². The first kappa shape index (κ1) is 37.1. The quantitative estimate of drug-likeness (QED) is 0.133. The predicted molar refractivity (Wildman–Crippen MR) is 207 cm³/mol. The van der Waals surface area contributed by atoms with Crippen LogP contribution in [0.2, 0.25) is 0 Å². The number of nitrogens with zero attached hydrogens (tertiary/aromatic N) is 4. The van der Waals surface area contributed by atoms with E-state index in [0.717, 1.165) is 0 Å². The molecule has 4 N–H and O–H groups in total. The third kappa shape index (κ3) is 6.94. The Labute approximate surface area is 319 Å². The Balaban J connectivity index is 1.10. The van der Waals surface area contributed by atoms with Gasteiger partial charge in [0.1, 0.15) is 29.6 Å². The topological polar surface area (TPSA) is 152 Å². The first-order chi connectivity index (χ1) is 26.4. The zero-order valence-corrected chi connectivity index (χ0v) is 31.9. The summed E-state index contributed by atoms with van der Waals surface area (Å²) in [6.45, 7) is 11.0. The minimum Gasteiger partial charge on any atom is -0.453 e. The second-order valence-corrected chi connectivity index (χ2v) is 16.9. The molecule has 4 atom stereocenters. The molecular formula is C41H43F3N8O4. The highest BCUT2D eigenvalue weighted by Crippen LogP contribution is 2.37. The van der Waals surface area contributed by atoms with E-state index in [-0.39, 0.29) is 65.3 Å². The van der Waals surface area contributed by atoms with Gasteiger partial charge in [0.2, 0.25) is 5.43 Å². The lowest BCUT2D eigenvalue weighted by molar-refractivity contribution is 0.179. The molecule has 6 aromatic rings. The molecule has 8 rings (SSSR count). The molecule has 2 aliphatic heterocycles. The standard InChI is InChI=1S/C41H43F3N8O4/c1-40(2,3)49-38(54)51-18-23(42)14-30(51)36-45-16-28(47-36)20-7-9-25-22(11-20)13-27-34(53)26-12-21(8-10-32(26)56-35(27)33(25)44)29-17-46-37(48-29)31-15-24(43)19-52(31)39(55)50-41(4,5)6/h7-13,16-17,23-24,30-31H,14-15,18-19H2,1-6H3,(H,45,47)(H,46,48)(H,49,54)(H,50,55)/t23-,24-,30-,31-/m0/s1. The number of H-pyrrole nitrogens is 2. The molecule has 3 aromatic heterocycles. The van der Waals surface area contributed by atoms with Crippen LogP contribution in [0.4, 0.5) is 22.8 Å². The lowest BCUT2D eigenvalue weighted by Crippen LogP contribution is -2.48. The number of carbonyl (C=O) groups is 2. The number of aromatic nitrogens is 4. The fraction of sp³-hybridized carbons (Fsp3) is 0.390. The molecule has 56 heavy (non-hydrogen) atoms. The normalized spacial score (nSPS) is 20.4. The van der Waals surface area contributed by atoms with E-state index in [1.165, 1.54) is 9.80 Å². The van der Waals surface area contributed by atoms with Crippen LogP contribution in [-0.2, 0) is 0 Å². The van der Waals surface area contributed by atoms with E-state index in [9.17, 15) is 23.2 Å². The largest absolute Gasteiger partial charge is 0.453 e. The van der Waals surface area contributed by atoms with Crippen LogP contribution in [0.25, 0.3) is 55.2 Å². The minimum atomic E-state index is -1.20. The molecule has 0 radical (unpaired) electrons. The Bertz CT molecular complexity index is 2590. The van der Waals surface area contributed by atoms with Gasteiger partial charge in [0.25, 0.3) is 0 Å². The predicted octanol–water partition coefficient (Wildman–Crippen LogP) is 8.20. The van der Waals surface area contributed by atoms with E-state index in [1.54, 1.807) is 54.9 Å². The Hall–Kier alpha value is -5.86. The molecule has 2 fully saturated rings. The summed E-state index contributed by atoms with van der Waals surface area (Å²) in [6.07, 6.45) is 0.944. The molecule has 2 saturated heterocycles. The van der Waals surface area contributed by atoms with Crippen molar-refractivity contribution in [2.75, 3.05) is 13.1 Å². The highest BCUT2D eigenvalue weighted by Gasteiger charge is 2.40. The summed E-state index contributed by atoms with van der Waals surface area (Å²) in [5, 5.41) is 6.74. The molecule has 3 aromatic carbocycles.